The first-order chi connectivity index (χ1) is 7.46. The van der Waals surface area contributed by atoms with E-state index in [1.165, 1.54) is 6.92 Å². The Labute approximate surface area is 101 Å². The first kappa shape index (κ1) is 16.1. The highest BCUT2D eigenvalue weighted by molar-refractivity contribution is 8.03. The second-order valence-electron chi connectivity index (χ2n) is 3.44. The number of hydrogen-bond acceptors (Lipinski definition) is 6. The molecule has 0 saturated carbocycles. The molecule has 0 N–H and O–H groups in total. The Hall–Kier alpha value is -0.930. The predicted molar refractivity (Wildman–Crippen MR) is 62.2 cm³/mol. The number of esters is 1. The molecule has 0 fully saturated rings. The van der Waals surface area contributed by atoms with Gasteiger partial charge in [0.1, 0.15) is 6.61 Å². The van der Waals surface area contributed by atoms with Crippen molar-refractivity contribution >= 4 is 26.0 Å². The Morgan fingerprint density at radius 2 is 1.59 bits per heavy atom. The maximum atomic E-state index is 11.2. The average molecular weight is 285 g/mol. The molecule has 0 heterocycles. The Kier molecular flexibility index (Phi) is 5.30. The van der Waals surface area contributed by atoms with Gasteiger partial charge in [-0.3, -0.25) is 0 Å². The van der Waals surface area contributed by atoms with E-state index in [-0.39, 0.29) is 15.9 Å². The van der Waals surface area contributed by atoms with E-state index < -0.39 is 32.6 Å². The van der Waals surface area contributed by atoms with Gasteiger partial charge in [0, 0.05) is 5.57 Å². The third-order valence-corrected chi connectivity index (χ3v) is 5.06. The summed E-state index contributed by atoms with van der Waals surface area (Å²) in [6, 6.07) is 0. The van der Waals surface area contributed by atoms with Gasteiger partial charge in [0.05, 0.1) is 19.1 Å². The average Bonchev–Trinajstić information content (AvgIpc) is 2.07. The van der Waals surface area contributed by atoms with Crippen molar-refractivity contribution in [2.75, 3.05) is 25.7 Å². The minimum absolute atomic E-state index is 0.148. The molecular weight excluding hydrogens is 270 g/mol. The zero-order valence-corrected chi connectivity index (χ0v) is 11.5. The minimum Gasteiger partial charge on any atom is -0.461 e. The number of carbonyl (C=O) groups is 1. The standard InChI is InChI=1S/C8H15NO6S2/c1-7(2)8(10)15-6-5-9(16(3,11)12)17(4,13)14/h1,5-6H2,2-4H3. The predicted octanol–water partition coefficient (Wildman–Crippen LogP) is -0.673. The normalized spacial score (nSPS) is 12.5. The van der Waals surface area contributed by atoms with Gasteiger partial charge >= 0.3 is 5.97 Å². The van der Waals surface area contributed by atoms with E-state index in [2.05, 4.69) is 11.3 Å². The molecule has 0 saturated heterocycles. The number of nitrogens with zero attached hydrogens (tertiary/aromatic N) is 1. The van der Waals surface area contributed by atoms with Gasteiger partial charge < -0.3 is 4.74 Å². The van der Waals surface area contributed by atoms with E-state index in [1.807, 2.05) is 0 Å². The molecule has 9 heteroatoms. The smallest absolute Gasteiger partial charge is 0.333 e. The summed E-state index contributed by atoms with van der Waals surface area (Å²) < 4.78 is 49.6. The molecular formula is C8H15NO6S2. The van der Waals surface area contributed by atoms with Crippen LogP contribution in [0.25, 0.3) is 0 Å². The first-order valence-corrected chi connectivity index (χ1v) is 8.16. The SMILES string of the molecule is C=C(C)C(=O)OCCN(S(C)(=O)=O)S(C)(=O)=O. The zero-order chi connectivity index (χ0) is 13.9. The van der Waals surface area contributed by atoms with Crippen molar-refractivity contribution in [3.05, 3.63) is 12.2 Å². The molecule has 0 unspecified atom stereocenters. The van der Waals surface area contributed by atoms with E-state index in [9.17, 15) is 21.6 Å². The second kappa shape index (κ2) is 5.61. The highest BCUT2D eigenvalue weighted by Crippen LogP contribution is 2.05. The summed E-state index contributed by atoms with van der Waals surface area (Å²) in [6.45, 7) is 3.95. The van der Waals surface area contributed by atoms with Crippen LogP contribution in [0, 0.1) is 0 Å². The lowest BCUT2D eigenvalue weighted by atomic mass is 10.4. The molecule has 0 aromatic heterocycles. The summed E-state index contributed by atoms with van der Waals surface area (Å²) in [5.41, 5.74) is 0.148. The summed E-state index contributed by atoms with van der Waals surface area (Å²) in [5.74, 6) is -0.702. The van der Waals surface area contributed by atoms with Crippen LogP contribution in [0.2, 0.25) is 0 Å². The first-order valence-electron chi connectivity index (χ1n) is 4.47. The van der Waals surface area contributed by atoms with Crippen molar-refractivity contribution in [2.24, 2.45) is 0 Å². The second-order valence-corrected chi connectivity index (χ2v) is 7.48. The molecule has 0 aromatic rings. The van der Waals surface area contributed by atoms with Crippen molar-refractivity contribution < 1.29 is 26.4 Å². The fourth-order valence-corrected chi connectivity index (χ4v) is 3.69. The van der Waals surface area contributed by atoms with E-state index >= 15 is 0 Å². The fraction of sp³-hybridized carbons (Fsp3) is 0.625. The molecule has 0 rings (SSSR count). The molecule has 100 valence electrons. The van der Waals surface area contributed by atoms with Gasteiger partial charge in [0.2, 0.25) is 20.0 Å². The van der Waals surface area contributed by atoms with Gasteiger partial charge in [-0.15, -0.1) is 0 Å². The van der Waals surface area contributed by atoms with Crippen LogP contribution in [0.3, 0.4) is 0 Å². The monoisotopic (exact) mass is 285 g/mol. The molecule has 0 amide bonds. The highest BCUT2D eigenvalue weighted by Gasteiger charge is 2.26. The summed E-state index contributed by atoms with van der Waals surface area (Å²) in [5, 5.41) is 0. The lowest BCUT2D eigenvalue weighted by Gasteiger charge is -2.17. The van der Waals surface area contributed by atoms with E-state index in [0.29, 0.717) is 0 Å². The summed E-state index contributed by atoms with van der Waals surface area (Å²) in [4.78, 5) is 11.0. The molecule has 0 aliphatic rings. The molecule has 0 spiro atoms. The lowest BCUT2D eigenvalue weighted by Crippen LogP contribution is -2.38. The number of carbonyl (C=O) groups excluding carboxylic acids is 1. The van der Waals surface area contributed by atoms with Crippen LogP contribution in [0.4, 0.5) is 0 Å². The number of sulfonamides is 2. The van der Waals surface area contributed by atoms with E-state index in [1.54, 1.807) is 0 Å². The van der Waals surface area contributed by atoms with Crippen molar-refractivity contribution in [1.82, 2.24) is 3.71 Å². The molecule has 0 aromatic carbocycles. The van der Waals surface area contributed by atoms with Gasteiger partial charge in [-0.1, -0.05) is 10.3 Å². The third kappa shape index (κ3) is 5.80. The molecule has 0 aliphatic carbocycles. The lowest BCUT2D eigenvalue weighted by molar-refractivity contribution is -0.138. The van der Waals surface area contributed by atoms with E-state index in [4.69, 9.17) is 0 Å². The Bertz CT molecular complexity index is 472. The van der Waals surface area contributed by atoms with Gasteiger partial charge in [-0.05, 0) is 6.92 Å². The Balaban J connectivity index is 4.63. The fourth-order valence-electron chi connectivity index (χ4n) is 0.914. The molecule has 0 radical (unpaired) electrons. The van der Waals surface area contributed by atoms with Crippen LogP contribution in [0.1, 0.15) is 6.92 Å². The van der Waals surface area contributed by atoms with Gasteiger partial charge in [-0.2, -0.15) is 0 Å². The van der Waals surface area contributed by atoms with Crippen molar-refractivity contribution in [3.63, 3.8) is 0 Å². The van der Waals surface area contributed by atoms with Crippen LogP contribution >= 0.6 is 0 Å². The maximum Gasteiger partial charge on any atom is 0.333 e. The Morgan fingerprint density at radius 1 is 1.18 bits per heavy atom. The summed E-state index contributed by atoms with van der Waals surface area (Å²) in [6.07, 6.45) is 1.52. The third-order valence-electron chi connectivity index (χ3n) is 1.60. The molecule has 0 atom stereocenters. The quantitative estimate of drug-likeness (QED) is 0.474. The largest absolute Gasteiger partial charge is 0.461 e. The van der Waals surface area contributed by atoms with Crippen LogP contribution in [-0.2, 0) is 29.6 Å². The van der Waals surface area contributed by atoms with Crippen LogP contribution in [0.5, 0.6) is 0 Å². The molecule has 7 nitrogen and oxygen atoms in total. The van der Waals surface area contributed by atoms with Crippen molar-refractivity contribution in [3.8, 4) is 0 Å². The van der Waals surface area contributed by atoms with Crippen LogP contribution in [0.15, 0.2) is 12.2 Å². The number of hydrogen-bond donors (Lipinski definition) is 0. The van der Waals surface area contributed by atoms with Gasteiger partial charge in [-0.25, -0.2) is 21.6 Å². The van der Waals surface area contributed by atoms with Gasteiger partial charge in [0.25, 0.3) is 0 Å². The Morgan fingerprint density at radius 3 is 1.88 bits per heavy atom. The van der Waals surface area contributed by atoms with Crippen LogP contribution in [-0.4, -0.2) is 52.2 Å². The molecule has 0 bridgehead atoms. The summed E-state index contributed by atoms with van der Waals surface area (Å²) in [7, 11) is -7.82. The van der Waals surface area contributed by atoms with E-state index in [0.717, 1.165) is 12.5 Å². The molecule has 0 aliphatic heterocycles. The maximum absolute atomic E-state index is 11.2. The minimum atomic E-state index is -3.91. The highest BCUT2D eigenvalue weighted by atomic mass is 32.3. The number of rotatable bonds is 6. The molecule has 17 heavy (non-hydrogen) atoms. The number of ether oxygens (including phenoxy) is 1. The topological polar surface area (TPSA) is 97.8 Å². The van der Waals surface area contributed by atoms with Crippen molar-refractivity contribution in [2.45, 2.75) is 6.92 Å². The summed E-state index contributed by atoms with van der Waals surface area (Å²) >= 11 is 0. The van der Waals surface area contributed by atoms with Crippen molar-refractivity contribution in [1.29, 1.82) is 0 Å². The van der Waals surface area contributed by atoms with Gasteiger partial charge in [0.15, 0.2) is 0 Å². The zero-order valence-electron chi connectivity index (χ0n) is 9.83. The van der Waals surface area contributed by atoms with Crippen LogP contribution < -0.4 is 0 Å².